The Labute approximate surface area is 98.0 Å². The van der Waals surface area contributed by atoms with Crippen molar-refractivity contribution in [3.8, 4) is 0 Å². The second-order valence-corrected chi connectivity index (χ2v) is 5.12. The molecule has 1 rings (SSSR count). The summed E-state index contributed by atoms with van der Waals surface area (Å²) in [5.74, 6) is 0. The quantitative estimate of drug-likeness (QED) is 0.854. The molecule has 0 amide bonds. The van der Waals surface area contributed by atoms with Crippen molar-refractivity contribution in [1.82, 2.24) is 0 Å². The van der Waals surface area contributed by atoms with Gasteiger partial charge < -0.3 is 5.73 Å². The highest BCUT2D eigenvalue weighted by Crippen LogP contribution is 2.21. The summed E-state index contributed by atoms with van der Waals surface area (Å²) in [5, 5.41) is 0. The van der Waals surface area contributed by atoms with Crippen LogP contribution in [0.3, 0.4) is 0 Å². The van der Waals surface area contributed by atoms with E-state index in [9.17, 15) is 4.39 Å². The van der Waals surface area contributed by atoms with Crippen molar-refractivity contribution in [3.05, 3.63) is 33.4 Å². The summed E-state index contributed by atoms with van der Waals surface area (Å²) in [6.07, 6.45) is 0.377. The average molecular weight is 307 g/mol. The van der Waals surface area contributed by atoms with Crippen molar-refractivity contribution in [3.63, 3.8) is 0 Å². The minimum absolute atomic E-state index is 0.377. The lowest BCUT2D eigenvalue weighted by Gasteiger charge is -2.24. The Morgan fingerprint density at radius 2 is 1.93 bits per heavy atom. The van der Waals surface area contributed by atoms with E-state index in [1.807, 2.05) is 24.3 Å². The Bertz CT molecular complexity index is 293. The SMILES string of the molecule is CC(N)C(C)(F)Cc1ccc(I)cc1. The molecule has 0 radical (unpaired) electrons. The van der Waals surface area contributed by atoms with Crippen molar-refractivity contribution in [2.75, 3.05) is 0 Å². The molecular weight excluding hydrogens is 292 g/mol. The maximum absolute atomic E-state index is 13.9. The van der Waals surface area contributed by atoms with Crippen LogP contribution in [0.5, 0.6) is 0 Å². The normalized spacial score (nSPS) is 17.5. The Morgan fingerprint density at radius 3 is 2.36 bits per heavy atom. The van der Waals surface area contributed by atoms with Crippen LogP contribution < -0.4 is 5.73 Å². The third kappa shape index (κ3) is 3.20. The molecule has 1 aromatic carbocycles. The van der Waals surface area contributed by atoms with Gasteiger partial charge in [0.15, 0.2) is 0 Å². The Balaban J connectivity index is 2.74. The molecule has 0 aromatic heterocycles. The zero-order chi connectivity index (χ0) is 10.8. The van der Waals surface area contributed by atoms with Crippen LogP contribution in [0.4, 0.5) is 4.39 Å². The molecule has 3 heteroatoms. The summed E-state index contributed by atoms with van der Waals surface area (Å²) in [6.45, 7) is 3.25. The number of hydrogen-bond acceptors (Lipinski definition) is 1. The molecule has 0 bridgehead atoms. The molecule has 2 atom stereocenters. The summed E-state index contributed by atoms with van der Waals surface area (Å²) in [7, 11) is 0. The first-order valence-corrected chi connectivity index (χ1v) is 5.68. The van der Waals surface area contributed by atoms with Crippen molar-refractivity contribution < 1.29 is 4.39 Å². The van der Waals surface area contributed by atoms with E-state index in [1.165, 1.54) is 0 Å². The van der Waals surface area contributed by atoms with Gasteiger partial charge in [-0.3, -0.25) is 0 Å². The van der Waals surface area contributed by atoms with E-state index < -0.39 is 11.7 Å². The topological polar surface area (TPSA) is 26.0 Å². The monoisotopic (exact) mass is 307 g/mol. The standard InChI is InChI=1S/C11H15FIN/c1-8(14)11(2,12)7-9-3-5-10(13)6-4-9/h3-6,8H,7,14H2,1-2H3. The van der Waals surface area contributed by atoms with Gasteiger partial charge in [-0.05, 0) is 54.1 Å². The van der Waals surface area contributed by atoms with Crippen LogP contribution in [-0.4, -0.2) is 11.7 Å². The van der Waals surface area contributed by atoms with Crippen LogP contribution >= 0.6 is 22.6 Å². The van der Waals surface area contributed by atoms with Crippen LogP contribution in [0.1, 0.15) is 19.4 Å². The summed E-state index contributed by atoms with van der Waals surface area (Å²) < 4.78 is 15.0. The lowest BCUT2D eigenvalue weighted by Crippen LogP contribution is -2.41. The molecule has 0 aliphatic heterocycles. The highest BCUT2D eigenvalue weighted by Gasteiger charge is 2.28. The summed E-state index contributed by atoms with van der Waals surface area (Å²) >= 11 is 2.23. The van der Waals surface area contributed by atoms with Gasteiger partial charge in [0, 0.05) is 16.0 Å². The first-order valence-electron chi connectivity index (χ1n) is 4.61. The molecule has 14 heavy (non-hydrogen) atoms. The Kier molecular flexibility index (Phi) is 3.89. The third-order valence-corrected chi connectivity index (χ3v) is 3.13. The number of halogens is 2. The van der Waals surface area contributed by atoms with Crippen molar-refractivity contribution in [2.24, 2.45) is 5.73 Å². The first kappa shape index (κ1) is 11.9. The van der Waals surface area contributed by atoms with Crippen molar-refractivity contribution in [2.45, 2.75) is 32.0 Å². The number of hydrogen-bond donors (Lipinski definition) is 1. The maximum Gasteiger partial charge on any atom is 0.127 e. The molecule has 2 N–H and O–H groups in total. The predicted molar refractivity (Wildman–Crippen MR) is 66.0 cm³/mol. The molecular formula is C11H15FIN. The fourth-order valence-corrected chi connectivity index (χ4v) is 1.52. The molecule has 0 saturated heterocycles. The van der Waals surface area contributed by atoms with Crippen LogP contribution in [-0.2, 0) is 6.42 Å². The van der Waals surface area contributed by atoms with E-state index in [0.717, 1.165) is 9.13 Å². The van der Waals surface area contributed by atoms with E-state index in [-0.39, 0.29) is 0 Å². The molecule has 0 aliphatic rings. The molecule has 1 aromatic rings. The van der Waals surface area contributed by atoms with Gasteiger partial charge in [-0.2, -0.15) is 0 Å². The number of benzene rings is 1. The van der Waals surface area contributed by atoms with E-state index in [2.05, 4.69) is 22.6 Å². The third-order valence-electron chi connectivity index (χ3n) is 2.41. The van der Waals surface area contributed by atoms with E-state index in [0.29, 0.717) is 6.42 Å². The molecule has 1 nitrogen and oxygen atoms in total. The van der Waals surface area contributed by atoms with Crippen LogP contribution in [0.25, 0.3) is 0 Å². The Morgan fingerprint density at radius 1 is 1.43 bits per heavy atom. The van der Waals surface area contributed by atoms with Crippen LogP contribution in [0.15, 0.2) is 24.3 Å². The highest BCUT2D eigenvalue weighted by atomic mass is 127. The van der Waals surface area contributed by atoms with E-state index in [4.69, 9.17) is 5.73 Å². The van der Waals surface area contributed by atoms with Gasteiger partial charge in [-0.1, -0.05) is 12.1 Å². The smallest absolute Gasteiger partial charge is 0.127 e. The molecule has 0 aliphatic carbocycles. The van der Waals surface area contributed by atoms with Crippen LogP contribution in [0, 0.1) is 3.57 Å². The largest absolute Gasteiger partial charge is 0.325 e. The zero-order valence-electron chi connectivity index (χ0n) is 8.43. The van der Waals surface area contributed by atoms with Gasteiger partial charge in [-0.25, -0.2) is 4.39 Å². The minimum atomic E-state index is -1.33. The second-order valence-electron chi connectivity index (χ2n) is 3.87. The van der Waals surface area contributed by atoms with Gasteiger partial charge in [0.2, 0.25) is 0 Å². The molecule has 0 fully saturated rings. The van der Waals surface area contributed by atoms with E-state index >= 15 is 0 Å². The molecule has 78 valence electrons. The maximum atomic E-state index is 13.9. The summed E-state index contributed by atoms with van der Waals surface area (Å²) in [4.78, 5) is 0. The first-order chi connectivity index (χ1) is 6.42. The molecule has 0 spiro atoms. The lowest BCUT2D eigenvalue weighted by atomic mass is 9.92. The molecule has 2 unspecified atom stereocenters. The Hall–Kier alpha value is -0.160. The fraction of sp³-hybridized carbons (Fsp3) is 0.455. The van der Waals surface area contributed by atoms with Gasteiger partial charge >= 0.3 is 0 Å². The van der Waals surface area contributed by atoms with Gasteiger partial charge in [0.25, 0.3) is 0 Å². The number of alkyl halides is 1. The van der Waals surface area contributed by atoms with Gasteiger partial charge in [0.05, 0.1) is 0 Å². The van der Waals surface area contributed by atoms with Crippen molar-refractivity contribution in [1.29, 1.82) is 0 Å². The van der Waals surface area contributed by atoms with E-state index in [1.54, 1.807) is 13.8 Å². The second kappa shape index (κ2) is 4.57. The highest BCUT2D eigenvalue weighted by molar-refractivity contribution is 14.1. The number of rotatable bonds is 3. The summed E-state index contributed by atoms with van der Waals surface area (Å²) in [6, 6.07) is 7.41. The van der Waals surface area contributed by atoms with Gasteiger partial charge in [0.1, 0.15) is 5.67 Å². The van der Waals surface area contributed by atoms with Gasteiger partial charge in [-0.15, -0.1) is 0 Å². The molecule has 0 saturated carbocycles. The fourth-order valence-electron chi connectivity index (χ4n) is 1.16. The summed E-state index contributed by atoms with van der Waals surface area (Å²) in [5.41, 5.74) is 5.24. The zero-order valence-corrected chi connectivity index (χ0v) is 10.6. The lowest BCUT2D eigenvalue weighted by molar-refractivity contribution is 0.157. The minimum Gasteiger partial charge on any atom is -0.325 e. The number of nitrogens with two attached hydrogens (primary N) is 1. The predicted octanol–water partition coefficient (Wildman–Crippen LogP) is 2.91. The molecule has 0 heterocycles. The average Bonchev–Trinajstić information content (AvgIpc) is 2.08. The van der Waals surface area contributed by atoms with Crippen LogP contribution in [0.2, 0.25) is 0 Å². The van der Waals surface area contributed by atoms with Crippen molar-refractivity contribution >= 4 is 22.6 Å².